The first-order valence-electron chi connectivity index (χ1n) is 4.50. The van der Waals surface area contributed by atoms with Crippen LogP contribution < -0.4 is 0 Å². The molecule has 0 aliphatic rings. The van der Waals surface area contributed by atoms with Crippen LogP contribution in [0.3, 0.4) is 0 Å². The zero-order valence-electron chi connectivity index (χ0n) is 8.30. The topological polar surface area (TPSA) is 9.23 Å². The van der Waals surface area contributed by atoms with Crippen molar-refractivity contribution in [3.8, 4) is 0 Å². The molecule has 0 aliphatic heterocycles. The van der Waals surface area contributed by atoms with Crippen molar-refractivity contribution in [2.24, 2.45) is 0 Å². The molecule has 0 spiro atoms. The van der Waals surface area contributed by atoms with Gasteiger partial charge in [-0.1, -0.05) is 68.9 Å². The summed E-state index contributed by atoms with van der Waals surface area (Å²) in [6, 6.07) is 7.46. The summed E-state index contributed by atoms with van der Waals surface area (Å²) in [4.78, 5) is 0. The number of hydrogen-bond acceptors (Lipinski definition) is 1. The van der Waals surface area contributed by atoms with Gasteiger partial charge in [-0.2, -0.15) is 0 Å². The second-order valence-corrected chi connectivity index (χ2v) is 6.38. The fraction of sp³-hybridized carbons (Fsp3) is 0.273. The van der Waals surface area contributed by atoms with E-state index in [4.69, 9.17) is 39.5 Å². The third-order valence-corrected chi connectivity index (χ3v) is 2.92. The second kappa shape index (κ2) is 6.27. The van der Waals surface area contributed by atoms with Crippen LogP contribution in [0.4, 0.5) is 0 Å². The van der Waals surface area contributed by atoms with E-state index >= 15 is 0 Å². The maximum absolute atomic E-state index is 5.88. The number of hydrogen-bond donors (Lipinski definition) is 0. The van der Waals surface area contributed by atoms with E-state index < -0.39 is 9.90 Å². The van der Waals surface area contributed by atoms with Crippen LogP contribution in [0.25, 0.3) is 0 Å². The summed E-state index contributed by atoms with van der Waals surface area (Å²) in [6.07, 6.45) is 0.995. The fourth-order valence-electron chi connectivity index (χ4n) is 1.21. The minimum Gasteiger partial charge on any atom is -0.365 e. The lowest BCUT2D eigenvalue weighted by Crippen LogP contribution is -2.20. The number of benzene rings is 1. The SMILES string of the molecule is C=CCOC(c1cccc(Br)c1)C(Cl)(Cl)Cl. The molecule has 0 saturated carbocycles. The highest BCUT2D eigenvalue weighted by atomic mass is 79.9. The van der Waals surface area contributed by atoms with Crippen molar-refractivity contribution in [3.63, 3.8) is 0 Å². The van der Waals surface area contributed by atoms with Crippen molar-refractivity contribution >= 4 is 50.7 Å². The first-order chi connectivity index (χ1) is 7.45. The summed E-state index contributed by atoms with van der Waals surface area (Å²) >= 11 is 21.0. The van der Waals surface area contributed by atoms with Gasteiger partial charge in [0.1, 0.15) is 6.10 Å². The quantitative estimate of drug-likeness (QED) is 0.548. The van der Waals surface area contributed by atoms with Crippen LogP contribution in [0, 0.1) is 0 Å². The van der Waals surface area contributed by atoms with Crippen molar-refractivity contribution in [1.82, 2.24) is 0 Å². The molecule has 1 unspecified atom stereocenters. The molecule has 0 aromatic heterocycles. The predicted molar refractivity (Wildman–Crippen MR) is 73.3 cm³/mol. The molecule has 0 N–H and O–H groups in total. The molecule has 1 rings (SSSR count). The normalized spacial score (nSPS) is 13.5. The van der Waals surface area contributed by atoms with Gasteiger partial charge < -0.3 is 4.74 Å². The average Bonchev–Trinajstić information content (AvgIpc) is 2.16. The smallest absolute Gasteiger partial charge is 0.220 e. The minimum absolute atomic E-state index is 0.324. The molecule has 1 aromatic carbocycles. The maximum atomic E-state index is 5.88. The summed E-state index contributed by atoms with van der Waals surface area (Å²) in [5.74, 6) is 0. The van der Waals surface area contributed by atoms with Crippen molar-refractivity contribution in [2.45, 2.75) is 9.90 Å². The van der Waals surface area contributed by atoms with Crippen molar-refractivity contribution in [2.75, 3.05) is 6.61 Å². The van der Waals surface area contributed by atoms with Gasteiger partial charge in [-0.05, 0) is 17.7 Å². The van der Waals surface area contributed by atoms with Gasteiger partial charge in [-0.15, -0.1) is 6.58 Å². The fourth-order valence-corrected chi connectivity index (χ4v) is 2.20. The van der Waals surface area contributed by atoms with Crippen LogP contribution in [-0.4, -0.2) is 10.4 Å². The number of ether oxygens (including phenoxy) is 1. The van der Waals surface area contributed by atoms with Gasteiger partial charge in [0.2, 0.25) is 3.79 Å². The summed E-state index contributed by atoms with van der Waals surface area (Å²) in [5, 5.41) is 0. The van der Waals surface area contributed by atoms with Crippen molar-refractivity contribution < 1.29 is 4.74 Å². The molecule has 16 heavy (non-hydrogen) atoms. The first kappa shape index (κ1) is 14.3. The standard InChI is InChI=1S/C11H10BrCl3O/c1-2-6-16-10(11(13,14)15)8-4-3-5-9(12)7-8/h2-5,7,10H,1,6H2. The number of alkyl halides is 3. The third-order valence-electron chi connectivity index (χ3n) is 1.83. The van der Waals surface area contributed by atoms with Crippen LogP contribution in [0.2, 0.25) is 0 Å². The minimum atomic E-state index is -1.51. The summed E-state index contributed by atoms with van der Waals surface area (Å²) in [6.45, 7) is 3.89. The van der Waals surface area contributed by atoms with Gasteiger partial charge in [0.05, 0.1) is 6.61 Å². The highest BCUT2D eigenvalue weighted by molar-refractivity contribution is 9.10. The Kier molecular flexibility index (Phi) is 5.62. The highest BCUT2D eigenvalue weighted by Crippen LogP contribution is 2.42. The van der Waals surface area contributed by atoms with E-state index in [9.17, 15) is 0 Å². The lowest BCUT2D eigenvalue weighted by molar-refractivity contribution is 0.0771. The molecule has 0 amide bonds. The van der Waals surface area contributed by atoms with E-state index in [1.807, 2.05) is 24.3 Å². The summed E-state index contributed by atoms with van der Waals surface area (Å²) in [5.41, 5.74) is 0.802. The summed E-state index contributed by atoms with van der Waals surface area (Å²) < 4.78 is 4.86. The Hall–Kier alpha value is 0.270. The Balaban J connectivity index is 2.96. The van der Waals surface area contributed by atoms with Crippen molar-refractivity contribution in [1.29, 1.82) is 0 Å². The molecular formula is C11H10BrCl3O. The van der Waals surface area contributed by atoms with Crippen LogP contribution >= 0.6 is 50.7 Å². The molecule has 0 saturated heterocycles. The Bertz CT molecular complexity index is 362. The molecule has 88 valence electrons. The van der Waals surface area contributed by atoms with Gasteiger partial charge >= 0.3 is 0 Å². The molecule has 1 aromatic rings. The summed E-state index contributed by atoms with van der Waals surface area (Å²) in [7, 11) is 0. The maximum Gasteiger partial charge on any atom is 0.220 e. The van der Waals surface area contributed by atoms with E-state index in [1.165, 1.54) is 0 Å². The van der Waals surface area contributed by atoms with E-state index in [0.29, 0.717) is 6.61 Å². The molecular weight excluding hydrogens is 334 g/mol. The molecule has 1 nitrogen and oxygen atoms in total. The Morgan fingerprint density at radius 2 is 2.12 bits per heavy atom. The average molecular weight is 344 g/mol. The molecule has 0 bridgehead atoms. The van der Waals surface area contributed by atoms with E-state index in [0.717, 1.165) is 10.0 Å². The van der Waals surface area contributed by atoms with Crippen LogP contribution in [0.5, 0.6) is 0 Å². The lowest BCUT2D eigenvalue weighted by atomic mass is 10.1. The lowest BCUT2D eigenvalue weighted by Gasteiger charge is -2.24. The second-order valence-electron chi connectivity index (χ2n) is 3.10. The van der Waals surface area contributed by atoms with Gasteiger partial charge in [0.15, 0.2) is 0 Å². The zero-order chi connectivity index (χ0) is 12.2. The largest absolute Gasteiger partial charge is 0.365 e. The molecule has 1 atom stereocenters. The van der Waals surface area contributed by atoms with E-state index in [2.05, 4.69) is 22.5 Å². The van der Waals surface area contributed by atoms with Crippen molar-refractivity contribution in [3.05, 3.63) is 47.0 Å². The zero-order valence-corrected chi connectivity index (χ0v) is 12.2. The molecule has 0 heterocycles. The monoisotopic (exact) mass is 342 g/mol. The van der Waals surface area contributed by atoms with Crippen LogP contribution in [0.1, 0.15) is 11.7 Å². The Morgan fingerprint density at radius 1 is 1.44 bits per heavy atom. The van der Waals surface area contributed by atoms with Gasteiger partial charge in [-0.25, -0.2) is 0 Å². The number of rotatable bonds is 4. The van der Waals surface area contributed by atoms with Gasteiger partial charge in [-0.3, -0.25) is 0 Å². The predicted octanol–water partition coefficient (Wildman–Crippen LogP) is 5.06. The van der Waals surface area contributed by atoms with Crippen LogP contribution in [0.15, 0.2) is 41.4 Å². The molecule has 0 radical (unpaired) electrons. The van der Waals surface area contributed by atoms with Gasteiger partial charge in [0.25, 0.3) is 0 Å². The van der Waals surface area contributed by atoms with Crippen LogP contribution in [-0.2, 0) is 4.74 Å². The van der Waals surface area contributed by atoms with Gasteiger partial charge in [0, 0.05) is 4.47 Å². The van der Waals surface area contributed by atoms with E-state index in [-0.39, 0.29) is 0 Å². The Labute approximate surface area is 118 Å². The number of halogens is 4. The first-order valence-corrected chi connectivity index (χ1v) is 6.42. The molecule has 5 heteroatoms. The highest BCUT2D eigenvalue weighted by Gasteiger charge is 2.34. The molecule has 0 fully saturated rings. The molecule has 0 aliphatic carbocycles. The Morgan fingerprint density at radius 3 is 2.62 bits per heavy atom. The third kappa shape index (κ3) is 4.27. The van der Waals surface area contributed by atoms with E-state index in [1.54, 1.807) is 6.08 Å².